The monoisotopic (exact) mass is 395 g/mol. The third kappa shape index (κ3) is 5.83. The van der Waals surface area contributed by atoms with E-state index < -0.39 is 0 Å². The molecule has 1 aromatic rings. The number of anilines is 1. The SMILES string of the molecule is Cc1c(Cl)cccc1NC(=S)N(CCC(C)C)C1CCN(C(C)C)CC1. The van der Waals surface area contributed by atoms with E-state index in [1.807, 2.05) is 19.1 Å². The highest BCUT2D eigenvalue weighted by Crippen LogP contribution is 2.25. The minimum absolute atomic E-state index is 0.517. The van der Waals surface area contributed by atoms with Gasteiger partial charge in [0.05, 0.1) is 0 Å². The van der Waals surface area contributed by atoms with Crippen LogP contribution in [-0.4, -0.2) is 46.6 Å². The summed E-state index contributed by atoms with van der Waals surface area (Å²) in [5, 5.41) is 5.07. The number of thiocarbonyl (C=S) groups is 1. The Bertz CT molecular complexity index is 595. The molecule has 1 aliphatic heterocycles. The highest BCUT2D eigenvalue weighted by Gasteiger charge is 2.27. The van der Waals surface area contributed by atoms with Gasteiger partial charge in [0.2, 0.25) is 0 Å². The van der Waals surface area contributed by atoms with Crippen molar-refractivity contribution in [2.45, 2.75) is 66.0 Å². The van der Waals surface area contributed by atoms with Crippen LogP contribution in [0.15, 0.2) is 18.2 Å². The Morgan fingerprint density at radius 2 is 1.92 bits per heavy atom. The number of benzene rings is 1. The van der Waals surface area contributed by atoms with E-state index in [2.05, 4.69) is 48.9 Å². The number of halogens is 1. The molecule has 146 valence electrons. The van der Waals surface area contributed by atoms with Crippen LogP contribution in [0, 0.1) is 12.8 Å². The predicted octanol–water partition coefficient (Wildman–Crippen LogP) is 5.57. The number of hydrogen-bond donors (Lipinski definition) is 1. The average molecular weight is 396 g/mol. The van der Waals surface area contributed by atoms with Crippen molar-refractivity contribution in [1.29, 1.82) is 0 Å². The van der Waals surface area contributed by atoms with E-state index >= 15 is 0 Å². The molecular weight excluding hydrogens is 362 g/mol. The number of likely N-dealkylation sites (tertiary alicyclic amines) is 1. The Morgan fingerprint density at radius 3 is 2.50 bits per heavy atom. The van der Waals surface area contributed by atoms with Gasteiger partial charge >= 0.3 is 0 Å². The summed E-state index contributed by atoms with van der Waals surface area (Å²) in [6.07, 6.45) is 3.50. The maximum Gasteiger partial charge on any atom is 0.173 e. The van der Waals surface area contributed by atoms with E-state index in [1.54, 1.807) is 0 Å². The summed E-state index contributed by atoms with van der Waals surface area (Å²) < 4.78 is 0. The Morgan fingerprint density at radius 1 is 1.27 bits per heavy atom. The Kier molecular flexibility index (Phi) is 8.18. The summed E-state index contributed by atoms with van der Waals surface area (Å²) >= 11 is 12.1. The third-order valence-corrected chi connectivity index (χ3v) is 6.13. The van der Waals surface area contributed by atoms with E-state index in [9.17, 15) is 0 Å². The van der Waals surface area contributed by atoms with Gasteiger partial charge in [-0.2, -0.15) is 0 Å². The van der Waals surface area contributed by atoms with Crippen molar-refractivity contribution in [2.24, 2.45) is 5.92 Å². The first kappa shape index (κ1) is 21.5. The standard InChI is InChI=1S/C21H34ClN3S/c1-15(2)9-14-25(18-10-12-24(13-11-18)16(3)4)21(26)23-20-8-6-7-19(22)17(20)5/h6-8,15-16,18H,9-14H2,1-5H3,(H,23,26). The van der Waals surface area contributed by atoms with Gasteiger partial charge in [-0.3, -0.25) is 0 Å². The van der Waals surface area contributed by atoms with E-state index in [0.717, 1.165) is 47.4 Å². The van der Waals surface area contributed by atoms with Gasteiger partial charge in [-0.1, -0.05) is 31.5 Å². The lowest BCUT2D eigenvalue weighted by molar-refractivity contribution is 0.126. The molecule has 3 nitrogen and oxygen atoms in total. The first-order chi connectivity index (χ1) is 12.3. The average Bonchev–Trinajstić information content (AvgIpc) is 2.59. The van der Waals surface area contributed by atoms with Crippen LogP contribution < -0.4 is 5.32 Å². The van der Waals surface area contributed by atoms with Crippen LogP contribution in [0.25, 0.3) is 0 Å². The number of nitrogens with zero attached hydrogens (tertiary/aromatic N) is 2. The minimum atomic E-state index is 0.517. The first-order valence-corrected chi connectivity index (χ1v) is 10.6. The number of rotatable bonds is 6. The van der Waals surface area contributed by atoms with Gasteiger partial charge in [0.1, 0.15) is 0 Å². The Hall–Kier alpha value is -0.840. The largest absolute Gasteiger partial charge is 0.346 e. The molecule has 0 radical (unpaired) electrons. The molecule has 1 saturated heterocycles. The summed E-state index contributed by atoms with van der Waals surface area (Å²) in [5.74, 6) is 0.670. The van der Waals surface area contributed by atoms with E-state index in [-0.39, 0.29) is 0 Å². The lowest BCUT2D eigenvalue weighted by Crippen LogP contribution is -2.50. The molecule has 0 bridgehead atoms. The molecule has 0 amide bonds. The van der Waals surface area contributed by atoms with Crippen LogP contribution in [0.5, 0.6) is 0 Å². The summed E-state index contributed by atoms with van der Waals surface area (Å²) in [4.78, 5) is 4.99. The van der Waals surface area contributed by atoms with Crippen molar-refractivity contribution in [2.75, 3.05) is 25.0 Å². The van der Waals surface area contributed by atoms with Gasteiger partial charge in [-0.05, 0) is 75.9 Å². The van der Waals surface area contributed by atoms with Gasteiger partial charge < -0.3 is 15.1 Å². The topological polar surface area (TPSA) is 18.5 Å². The summed E-state index contributed by atoms with van der Waals surface area (Å²) in [5.41, 5.74) is 2.06. The van der Waals surface area contributed by atoms with Crippen molar-refractivity contribution in [3.05, 3.63) is 28.8 Å². The molecule has 5 heteroatoms. The van der Waals surface area contributed by atoms with Crippen LogP contribution in [0.4, 0.5) is 5.69 Å². The fraction of sp³-hybridized carbons (Fsp3) is 0.667. The number of hydrogen-bond acceptors (Lipinski definition) is 2. The van der Waals surface area contributed by atoms with Gasteiger partial charge in [0.25, 0.3) is 0 Å². The fourth-order valence-electron chi connectivity index (χ4n) is 3.49. The molecule has 0 aliphatic carbocycles. The molecule has 1 aliphatic rings. The summed E-state index contributed by atoms with van der Waals surface area (Å²) in [7, 11) is 0. The Labute approximate surface area is 170 Å². The number of piperidine rings is 1. The fourth-order valence-corrected chi connectivity index (χ4v) is 4.02. The summed E-state index contributed by atoms with van der Waals surface area (Å²) in [6, 6.07) is 7.08. The van der Waals surface area contributed by atoms with Crippen LogP contribution in [0.1, 0.15) is 52.5 Å². The molecule has 26 heavy (non-hydrogen) atoms. The van der Waals surface area contributed by atoms with E-state index in [0.29, 0.717) is 18.0 Å². The van der Waals surface area contributed by atoms with E-state index in [4.69, 9.17) is 23.8 Å². The molecule has 1 N–H and O–H groups in total. The van der Waals surface area contributed by atoms with Crippen LogP contribution >= 0.6 is 23.8 Å². The smallest absolute Gasteiger partial charge is 0.173 e. The van der Waals surface area contributed by atoms with Crippen LogP contribution in [0.3, 0.4) is 0 Å². The zero-order chi connectivity index (χ0) is 19.3. The predicted molar refractivity (Wildman–Crippen MR) is 118 cm³/mol. The zero-order valence-electron chi connectivity index (χ0n) is 16.9. The summed E-state index contributed by atoms with van der Waals surface area (Å²) in [6.45, 7) is 14.5. The second kappa shape index (κ2) is 9.91. The molecule has 2 rings (SSSR count). The van der Waals surface area contributed by atoms with Crippen molar-refractivity contribution < 1.29 is 0 Å². The highest BCUT2D eigenvalue weighted by molar-refractivity contribution is 7.80. The molecule has 0 saturated carbocycles. The van der Waals surface area contributed by atoms with Gasteiger partial charge in [0.15, 0.2) is 5.11 Å². The lowest BCUT2D eigenvalue weighted by Gasteiger charge is -2.41. The molecule has 0 unspecified atom stereocenters. The molecule has 0 atom stereocenters. The van der Waals surface area contributed by atoms with Crippen molar-refractivity contribution >= 4 is 34.6 Å². The van der Waals surface area contributed by atoms with Crippen molar-refractivity contribution in [1.82, 2.24) is 9.80 Å². The van der Waals surface area contributed by atoms with Gasteiger partial charge in [-0.15, -0.1) is 0 Å². The van der Waals surface area contributed by atoms with Crippen LogP contribution in [0.2, 0.25) is 5.02 Å². The quantitative estimate of drug-likeness (QED) is 0.634. The molecule has 0 aromatic heterocycles. The maximum atomic E-state index is 6.27. The lowest BCUT2D eigenvalue weighted by atomic mass is 10.0. The molecule has 1 aromatic carbocycles. The highest BCUT2D eigenvalue weighted by atomic mass is 35.5. The zero-order valence-corrected chi connectivity index (χ0v) is 18.5. The van der Waals surface area contributed by atoms with Crippen LogP contribution in [-0.2, 0) is 0 Å². The molecule has 1 heterocycles. The number of nitrogens with one attached hydrogen (secondary N) is 1. The van der Waals surface area contributed by atoms with E-state index in [1.165, 1.54) is 12.8 Å². The van der Waals surface area contributed by atoms with Gasteiger partial charge in [-0.25, -0.2) is 0 Å². The third-order valence-electron chi connectivity index (χ3n) is 5.39. The molecule has 1 fully saturated rings. The second-order valence-corrected chi connectivity index (χ2v) is 8.87. The van der Waals surface area contributed by atoms with Gasteiger partial charge in [0, 0.05) is 42.4 Å². The Balaban J connectivity index is 2.08. The normalized spacial score (nSPS) is 16.3. The minimum Gasteiger partial charge on any atom is -0.346 e. The second-order valence-electron chi connectivity index (χ2n) is 8.08. The van der Waals surface area contributed by atoms with Crippen molar-refractivity contribution in [3.8, 4) is 0 Å². The maximum absolute atomic E-state index is 6.27. The molecule has 0 spiro atoms. The first-order valence-electron chi connectivity index (χ1n) is 9.86. The van der Waals surface area contributed by atoms with Crippen molar-refractivity contribution in [3.63, 3.8) is 0 Å². The molecular formula is C21H34ClN3S.